The summed E-state index contributed by atoms with van der Waals surface area (Å²) >= 11 is 0. The van der Waals surface area contributed by atoms with Crippen LogP contribution in [0.15, 0.2) is 53.5 Å². The number of hydrogen-bond acceptors (Lipinski definition) is 9. The monoisotopic (exact) mass is 583 g/mol. The number of amides is 1. The predicted molar refractivity (Wildman–Crippen MR) is 165 cm³/mol. The van der Waals surface area contributed by atoms with Gasteiger partial charge in [-0.05, 0) is 69.0 Å². The van der Waals surface area contributed by atoms with Gasteiger partial charge in [-0.3, -0.25) is 19.1 Å². The van der Waals surface area contributed by atoms with Gasteiger partial charge in [0.1, 0.15) is 23.4 Å². The summed E-state index contributed by atoms with van der Waals surface area (Å²) in [5.41, 5.74) is 11.4. The molecule has 4 N–H and O–H groups in total. The van der Waals surface area contributed by atoms with E-state index in [2.05, 4.69) is 20.6 Å². The highest BCUT2D eigenvalue weighted by molar-refractivity contribution is 5.81. The second-order valence-electron chi connectivity index (χ2n) is 10.8. The number of hydrogen-bond donors (Lipinski definition) is 3. The molecule has 1 aliphatic rings. The zero-order valence-electron chi connectivity index (χ0n) is 25.1. The number of nitrogens with one attached hydrogen (secondary N) is 2. The number of carbonyl (C=O) groups excluding carboxylic acids is 1. The van der Waals surface area contributed by atoms with E-state index < -0.39 is 6.04 Å². The number of ether oxygens (including phenoxy) is 2. The first-order valence-electron chi connectivity index (χ1n) is 14.2. The van der Waals surface area contributed by atoms with Crippen LogP contribution in [-0.2, 0) is 17.8 Å². The van der Waals surface area contributed by atoms with E-state index in [1.54, 1.807) is 31.0 Å². The molecule has 11 heteroatoms. The van der Waals surface area contributed by atoms with Crippen molar-refractivity contribution in [1.82, 2.24) is 24.8 Å². The van der Waals surface area contributed by atoms with Crippen molar-refractivity contribution < 1.29 is 14.3 Å². The second kappa shape index (κ2) is 12.5. The van der Waals surface area contributed by atoms with Gasteiger partial charge >= 0.3 is 0 Å². The number of aryl methyl sites for hydroxylation is 4. The predicted octanol–water partition coefficient (Wildman–Crippen LogP) is 3.61. The summed E-state index contributed by atoms with van der Waals surface area (Å²) in [6, 6.07) is 12.6. The highest BCUT2D eigenvalue weighted by Gasteiger charge is 2.31. The molecule has 11 nitrogen and oxygen atoms in total. The van der Waals surface area contributed by atoms with E-state index >= 15 is 0 Å². The quantitative estimate of drug-likeness (QED) is 0.255. The van der Waals surface area contributed by atoms with E-state index in [0.29, 0.717) is 43.2 Å². The van der Waals surface area contributed by atoms with Gasteiger partial charge in [-0.25, -0.2) is 9.97 Å². The van der Waals surface area contributed by atoms with Gasteiger partial charge in [-0.2, -0.15) is 0 Å². The second-order valence-corrected chi connectivity index (χ2v) is 10.8. The van der Waals surface area contributed by atoms with Gasteiger partial charge in [0.15, 0.2) is 5.82 Å². The number of benzene rings is 1. The summed E-state index contributed by atoms with van der Waals surface area (Å²) < 4.78 is 12.7. The molecule has 0 aliphatic carbocycles. The molecular formula is C32H37N7O4. The van der Waals surface area contributed by atoms with Gasteiger partial charge < -0.3 is 25.8 Å². The zero-order chi connectivity index (χ0) is 30.7. The van der Waals surface area contributed by atoms with Crippen LogP contribution in [0.2, 0.25) is 0 Å². The summed E-state index contributed by atoms with van der Waals surface area (Å²) in [4.78, 5) is 40.5. The number of fused-ring (bicyclic) bond motifs is 1. The summed E-state index contributed by atoms with van der Waals surface area (Å²) in [6.45, 7) is 6.44. The van der Waals surface area contributed by atoms with Gasteiger partial charge in [0.05, 0.1) is 19.9 Å². The first-order chi connectivity index (χ1) is 20.7. The minimum Gasteiger partial charge on any atom is -0.497 e. The summed E-state index contributed by atoms with van der Waals surface area (Å²) in [5, 5.41) is 6.23. The van der Waals surface area contributed by atoms with E-state index in [9.17, 15) is 9.59 Å². The third-order valence-corrected chi connectivity index (χ3v) is 7.80. The van der Waals surface area contributed by atoms with Crippen molar-refractivity contribution in [1.29, 1.82) is 0 Å². The molecule has 224 valence electrons. The van der Waals surface area contributed by atoms with E-state index in [-0.39, 0.29) is 23.2 Å². The number of anilines is 2. The Morgan fingerprint density at radius 2 is 1.91 bits per heavy atom. The number of carbonyl (C=O) groups is 1. The number of methoxy groups -OCH3 is 2. The maximum absolute atomic E-state index is 13.7. The molecule has 0 spiro atoms. The van der Waals surface area contributed by atoms with E-state index in [4.69, 9.17) is 20.2 Å². The number of rotatable bonds is 10. The van der Waals surface area contributed by atoms with Crippen LogP contribution in [-0.4, -0.2) is 46.2 Å². The van der Waals surface area contributed by atoms with Crippen LogP contribution in [0.1, 0.15) is 57.8 Å². The molecule has 4 aromatic rings. The van der Waals surface area contributed by atoms with Crippen LogP contribution in [0.5, 0.6) is 11.5 Å². The van der Waals surface area contributed by atoms with Crippen molar-refractivity contribution in [2.45, 2.75) is 52.1 Å². The molecule has 5 rings (SSSR count). The zero-order valence-corrected chi connectivity index (χ0v) is 25.1. The molecule has 3 aromatic heterocycles. The summed E-state index contributed by atoms with van der Waals surface area (Å²) in [7, 11) is 3.22. The lowest BCUT2D eigenvalue weighted by atomic mass is 9.93. The average molecular weight is 584 g/mol. The fraction of sp³-hybridized carbons (Fsp3) is 0.344. The molecule has 4 heterocycles. The van der Waals surface area contributed by atoms with Crippen molar-refractivity contribution in [3.63, 3.8) is 0 Å². The fourth-order valence-corrected chi connectivity index (χ4v) is 5.64. The molecule has 0 fully saturated rings. The standard InChI is InChI=1S/C32H37N7O4/c1-18-12-19(2)37-26(13-18)25(24-9-8-23(42-4)14-28(24)43-5)17-35-30-32(41)39-22(16-34-30)7-10-27(39)31(40)36-15-21-6-11-29(33)38-20(21)3/h6,8-9,11-14,16,25,27H,7,10,15,17H2,1-5H3,(H2,33,38)(H,34,35)(H,36,40)/t25-,27-/m0/s1. The summed E-state index contributed by atoms with van der Waals surface area (Å²) in [5.74, 6) is 1.42. The van der Waals surface area contributed by atoms with Crippen LogP contribution >= 0.6 is 0 Å². The largest absolute Gasteiger partial charge is 0.497 e. The van der Waals surface area contributed by atoms with Crippen molar-refractivity contribution in [2.75, 3.05) is 31.8 Å². The SMILES string of the molecule is COc1ccc([C@H](CNc2ncc3n(c2=O)[C@H](C(=O)NCc2ccc(N)nc2C)CC3)c2cc(C)cc(C)n2)c(OC)c1. The molecule has 1 aromatic carbocycles. The molecule has 0 saturated heterocycles. The topological polar surface area (TPSA) is 146 Å². The Hall–Kier alpha value is -4.93. The first-order valence-corrected chi connectivity index (χ1v) is 14.2. The van der Waals surface area contributed by atoms with E-state index in [0.717, 1.165) is 39.5 Å². The van der Waals surface area contributed by atoms with E-state index in [1.165, 1.54) is 0 Å². The van der Waals surface area contributed by atoms with Gasteiger partial charge in [-0.15, -0.1) is 0 Å². The highest BCUT2D eigenvalue weighted by atomic mass is 16.5. The lowest BCUT2D eigenvalue weighted by Gasteiger charge is -2.22. The van der Waals surface area contributed by atoms with Gasteiger partial charge in [0.25, 0.3) is 5.56 Å². The third kappa shape index (κ3) is 6.30. The molecule has 43 heavy (non-hydrogen) atoms. The molecular weight excluding hydrogens is 546 g/mol. The van der Waals surface area contributed by atoms with Gasteiger partial charge in [0, 0.05) is 53.9 Å². The molecule has 1 amide bonds. The molecule has 0 unspecified atom stereocenters. The molecule has 0 bridgehead atoms. The Balaban J connectivity index is 1.41. The maximum atomic E-state index is 13.7. The number of nitrogens with zero attached hydrogens (tertiary/aromatic N) is 4. The number of nitrogens with two attached hydrogens (primary N) is 1. The van der Waals surface area contributed by atoms with Crippen molar-refractivity contribution >= 4 is 17.5 Å². The minimum absolute atomic E-state index is 0.170. The fourth-order valence-electron chi connectivity index (χ4n) is 5.64. The van der Waals surface area contributed by atoms with Gasteiger partial charge in [-0.1, -0.05) is 12.1 Å². The Labute approximate surface area is 250 Å². The van der Waals surface area contributed by atoms with Crippen LogP contribution < -0.4 is 31.4 Å². The smallest absolute Gasteiger partial charge is 0.294 e. The lowest BCUT2D eigenvalue weighted by molar-refractivity contribution is -0.124. The average Bonchev–Trinajstić information content (AvgIpc) is 3.42. The molecule has 0 radical (unpaired) electrons. The van der Waals surface area contributed by atoms with Crippen LogP contribution in [0.25, 0.3) is 0 Å². The summed E-state index contributed by atoms with van der Waals surface area (Å²) in [6.07, 6.45) is 2.77. The number of pyridine rings is 2. The normalized spacial score (nSPS) is 14.6. The number of nitrogen functional groups attached to an aromatic ring is 1. The minimum atomic E-state index is -0.633. The van der Waals surface area contributed by atoms with Gasteiger partial charge in [0.2, 0.25) is 5.91 Å². The van der Waals surface area contributed by atoms with Crippen molar-refractivity contribution in [3.8, 4) is 11.5 Å². The maximum Gasteiger partial charge on any atom is 0.294 e. The molecule has 1 aliphatic heterocycles. The van der Waals surface area contributed by atoms with Crippen LogP contribution in [0.3, 0.4) is 0 Å². The number of aromatic nitrogens is 4. The molecule has 2 atom stereocenters. The Morgan fingerprint density at radius 3 is 2.63 bits per heavy atom. The third-order valence-electron chi connectivity index (χ3n) is 7.80. The van der Waals surface area contributed by atoms with Crippen molar-refractivity contribution in [3.05, 3.63) is 98.5 Å². The Morgan fingerprint density at radius 1 is 1.09 bits per heavy atom. The Bertz CT molecular complexity index is 1700. The van der Waals surface area contributed by atoms with E-state index in [1.807, 2.05) is 57.2 Å². The molecule has 0 saturated carbocycles. The van der Waals surface area contributed by atoms with Crippen LogP contribution in [0.4, 0.5) is 11.6 Å². The first kappa shape index (κ1) is 29.6. The Kier molecular flexibility index (Phi) is 8.61. The van der Waals surface area contributed by atoms with Crippen LogP contribution in [0, 0.1) is 20.8 Å². The highest BCUT2D eigenvalue weighted by Crippen LogP contribution is 2.34. The lowest BCUT2D eigenvalue weighted by Crippen LogP contribution is -2.36. The van der Waals surface area contributed by atoms with Crippen molar-refractivity contribution in [2.24, 2.45) is 0 Å².